The van der Waals surface area contributed by atoms with Crippen molar-refractivity contribution in [2.75, 3.05) is 20.2 Å². The second-order valence-electron chi connectivity index (χ2n) is 5.27. The minimum Gasteiger partial charge on any atom is -0.468 e. The molecule has 1 unspecified atom stereocenters. The third-order valence-corrected chi connectivity index (χ3v) is 3.80. The molecule has 0 saturated carbocycles. The molecule has 1 aromatic rings. The van der Waals surface area contributed by atoms with E-state index in [1.807, 2.05) is 0 Å². The van der Waals surface area contributed by atoms with Crippen LogP contribution in [-0.4, -0.2) is 42.8 Å². The number of ketones is 1. The van der Waals surface area contributed by atoms with E-state index < -0.39 is 11.9 Å². The number of nitrogens with zero attached hydrogens (tertiary/aromatic N) is 1. The van der Waals surface area contributed by atoms with Crippen LogP contribution < -0.4 is 0 Å². The molecule has 5 nitrogen and oxygen atoms in total. The van der Waals surface area contributed by atoms with Crippen LogP contribution >= 0.6 is 0 Å². The van der Waals surface area contributed by atoms with E-state index >= 15 is 0 Å². The van der Waals surface area contributed by atoms with E-state index in [-0.39, 0.29) is 30.5 Å². The normalized spacial score (nSPS) is 18.2. The predicted molar refractivity (Wildman–Crippen MR) is 76.4 cm³/mol. The van der Waals surface area contributed by atoms with Crippen LogP contribution in [0.25, 0.3) is 0 Å². The summed E-state index contributed by atoms with van der Waals surface area (Å²) in [7, 11) is 1.25. The van der Waals surface area contributed by atoms with Gasteiger partial charge in [0.2, 0.25) is 5.91 Å². The van der Waals surface area contributed by atoms with E-state index in [4.69, 9.17) is 0 Å². The number of carbonyl (C=O) groups is 3. The largest absolute Gasteiger partial charge is 0.468 e. The molecule has 0 spiro atoms. The Morgan fingerprint density at radius 1 is 1.32 bits per heavy atom. The molecule has 1 fully saturated rings. The molecule has 1 atom stereocenters. The smallest absolute Gasteiger partial charge is 0.316 e. The Balaban J connectivity index is 1.85. The number of rotatable bonds is 4. The van der Waals surface area contributed by atoms with Gasteiger partial charge in [-0.25, -0.2) is 4.39 Å². The van der Waals surface area contributed by atoms with Crippen molar-refractivity contribution in [3.8, 4) is 0 Å². The van der Waals surface area contributed by atoms with Crippen LogP contribution in [0.1, 0.15) is 18.4 Å². The summed E-state index contributed by atoms with van der Waals surface area (Å²) in [5, 5.41) is 0. The molecule has 0 aliphatic carbocycles. The molecule has 6 heteroatoms. The van der Waals surface area contributed by atoms with Crippen molar-refractivity contribution >= 4 is 17.7 Å². The van der Waals surface area contributed by atoms with E-state index in [2.05, 4.69) is 4.74 Å². The molecule has 0 radical (unpaired) electrons. The highest BCUT2D eigenvalue weighted by Crippen LogP contribution is 2.17. The minimum absolute atomic E-state index is 0.0536. The fourth-order valence-corrected chi connectivity index (χ4v) is 2.49. The summed E-state index contributed by atoms with van der Waals surface area (Å²) < 4.78 is 17.4. The number of aryl methyl sites for hydroxylation is 1. The third-order valence-electron chi connectivity index (χ3n) is 3.80. The lowest BCUT2D eigenvalue weighted by atomic mass is 9.95. The van der Waals surface area contributed by atoms with Crippen molar-refractivity contribution in [1.82, 2.24) is 4.90 Å². The summed E-state index contributed by atoms with van der Waals surface area (Å²) in [6.45, 7) is 0.315. The van der Waals surface area contributed by atoms with Gasteiger partial charge in [0, 0.05) is 13.0 Å². The highest BCUT2D eigenvalue weighted by atomic mass is 19.1. The van der Waals surface area contributed by atoms with Crippen LogP contribution in [0.3, 0.4) is 0 Å². The minimum atomic E-state index is -0.758. The molecule has 1 heterocycles. The molecule has 1 aliphatic heterocycles. The Labute approximate surface area is 128 Å². The molecule has 1 saturated heterocycles. The number of carbonyl (C=O) groups excluding carboxylic acids is 3. The number of amides is 1. The van der Waals surface area contributed by atoms with Crippen molar-refractivity contribution in [1.29, 1.82) is 0 Å². The standard InChI is InChI=1S/C16H18FNO4/c1-22-16(21)13-8-9-18(10-14(13)19)15(20)7-4-11-2-5-12(17)6-3-11/h2-3,5-6,13H,4,7-10H2,1H3. The van der Waals surface area contributed by atoms with Gasteiger partial charge < -0.3 is 9.64 Å². The average molecular weight is 307 g/mol. The first kappa shape index (κ1) is 16.1. The maximum absolute atomic E-state index is 12.8. The Bertz CT molecular complexity index is 570. The zero-order valence-electron chi connectivity index (χ0n) is 12.4. The number of esters is 1. The lowest BCUT2D eigenvalue weighted by Crippen LogP contribution is -2.46. The second kappa shape index (κ2) is 7.15. The van der Waals surface area contributed by atoms with E-state index in [1.165, 1.54) is 24.1 Å². The van der Waals surface area contributed by atoms with Crippen molar-refractivity contribution < 1.29 is 23.5 Å². The average Bonchev–Trinajstić information content (AvgIpc) is 2.53. The van der Waals surface area contributed by atoms with Gasteiger partial charge in [-0.2, -0.15) is 0 Å². The molecule has 1 aromatic carbocycles. The Morgan fingerprint density at radius 2 is 2.00 bits per heavy atom. The van der Waals surface area contributed by atoms with Gasteiger partial charge >= 0.3 is 5.97 Å². The van der Waals surface area contributed by atoms with E-state index in [0.717, 1.165) is 5.56 Å². The molecule has 0 aromatic heterocycles. The Kier molecular flexibility index (Phi) is 5.25. The number of Topliss-reactive ketones (excluding diaryl/α,β-unsaturated/α-hetero) is 1. The molecular weight excluding hydrogens is 289 g/mol. The number of hydrogen-bond acceptors (Lipinski definition) is 4. The topological polar surface area (TPSA) is 63.7 Å². The van der Waals surface area contributed by atoms with Crippen LogP contribution in [-0.2, 0) is 25.5 Å². The monoisotopic (exact) mass is 307 g/mol. The summed E-state index contributed by atoms with van der Waals surface area (Å²) in [6.07, 6.45) is 1.04. The fraction of sp³-hybridized carbons (Fsp3) is 0.438. The summed E-state index contributed by atoms with van der Waals surface area (Å²) >= 11 is 0. The number of halogens is 1. The van der Waals surface area contributed by atoms with Crippen molar-refractivity contribution in [2.45, 2.75) is 19.3 Å². The van der Waals surface area contributed by atoms with Crippen LogP contribution in [0.2, 0.25) is 0 Å². The maximum Gasteiger partial charge on any atom is 0.316 e. The number of piperidine rings is 1. The predicted octanol–water partition coefficient (Wildman–Crippen LogP) is 1.35. The first-order valence-electron chi connectivity index (χ1n) is 7.14. The second-order valence-corrected chi connectivity index (χ2v) is 5.27. The SMILES string of the molecule is COC(=O)C1CCN(C(=O)CCc2ccc(F)cc2)CC1=O. The first-order valence-corrected chi connectivity index (χ1v) is 7.14. The summed E-state index contributed by atoms with van der Waals surface area (Å²) in [4.78, 5) is 36.9. The summed E-state index contributed by atoms with van der Waals surface area (Å²) in [5.74, 6) is -2.03. The number of ether oxygens (including phenoxy) is 1. The van der Waals surface area contributed by atoms with Crippen molar-refractivity contribution in [2.24, 2.45) is 5.92 Å². The molecular formula is C16H18FNO4. The fourth-order valence-electron chi connectivity index (χ4n) is 2.49. The Morgan fingerprint density at radius 3 is 2.59 bits per heavy atom. The van der Waals surface area contributed by atoms with Gasteiger partial charge in [-0.3, -0.25) is 14.4 Å². The van der Waals surface area contributed by atoms with Crippen LogP contribution in [0.5, 0.6) is 0 Å². The van der Waals surface area contributed by atoms with Gasteiger partial charge in [0.1, 0.15) is 11.7 Å². The van der Waals surface area contributed by atoms with Crippen molar-refractivity contribution in [3.05, 3.63) is 35.6 Å². The summed E-state index contributed by atoms with van der Waals surface area (Å²) in [5.41, 5.74) is 0.866. The van der Waals surface area contributed by atoms with E-state index in [9.17, 15) is 18.8 Å². The molecule has 1 amide bonds. The first-order chi connectivity index (χ1) is 10.5. The van der Waals surface area contributed by atoms with Crippen LogP contribution in [0.15, 0.2) is 24.3 Å². The van der Waals surface area contributed by atoms with Gasteiger partial charge in [-0.1, -0.05) is 12.1 Å². The number of methoxy groups -OCH3 is 1. The van der Waals surface area contributed by atoms with Gasteiger partial charge in [-0.15, -0.1) is 0 Å². The van der Waals surface area contributed by atoms with Crippen LogP contribution in [0.4, 0.5) is 4.39 Å². The molecule has 2 rings (SSSR count). The molecule has 22 heavy (non-hydrogen) atoms. The Hall–Kier alpha value is -2.24. The maximum atomic E-state index is 12.8. The lowest BCUT2D eigenvalue weighted by molar-refractivity contribution is -0.154. The zero-order valence-corrected chi connectivity index (χ0v) is 12.4. The molecule has 0 N–H and O–H groups in total. The van der Waals surface area contributed by atoms with Crippen molar-refractivity contribution in [3.63, 3.8) is 0 Å². The highest BCUT2D eigenvalue weighted by molar-refractivity contribution is 6.01. The quantitative estimate of drug-likeness (QED) is 0.622. The number of likely N-dealkylation sites (tertiary alicyclic amines) is 1. The lowest BCUT2D eigenvalue weighted by Gasteiger charge is -2.29. The number of hydrogen-bond donors (Lipinski definition) is 0. The molecule has 0 bridgehead atoms. The molecule has 118 valence electrons. The van der Waals surface area contributed by atoms with E-state index in [0.29, 0.717) is 19.4 Å². The van der Waals surface area contributed by atoms with Crippen LogP contribution in [0, 0.1) is 11.7 Å². The van der Waals surface area contributed by atoms with Gasteiger partial charge in [0.25, 0.3) is 0 Å². The zero-order chi connectivity index (χ0) is 16.1. The highest BCUT2D eigenvalue weighted by Gasteiger charge is 2.34. The van der Waals surface area contributed by atoms with Gasteiger partial charge in [0.05, 0.1) is 13.7 Å². The van der Waals surface area contributed by atoms with Gasteiger partial charge in [-0.05, 0) is 30.5 Å². The van der Waals surface area contributed by atoms with E-state index in [1.54, 1.807) is 12.1 Å². The van der Waals surface area contributed by atoms with Gasteiger partial charge in [0.15, 0.2) is 5.78 Å². The molecule has 1 aliphatic rings. The number of benzene rings is 1. The summed E-state index contributed by atoms with van der Waals surface area (Å²) in [6, 6.07) is 5.98. The third kappa shape index (κ3) is 3.90.